The van der Waals surface area contributed by atoms with E-state index >= 15 is 0 Å². The van der Waals surface area contributed by atoms with Crippen LogP contribution in [0.2, 0.25) is 0 Å². The van der Waals surface area contributed by atoms with E-state index < -0.39 is 0 Å². The molecule has 134 valence electrons. The van der Waals surface area contributed by atoms with Gasteiger partial charge < -0.3 is 15.4 Å². The van der Waals surface area contributed by atoms with Crippen LogP contribution in [0.1, 0.15) is 33.6 Å². The van der Waals surface area contributed by atoms with Gasteiger partial charge in [0.15, 0.2) is 0 Å². The average molecular weight is 358 g/mol. The maximum Gasteiger partial charge on any atom is 0.239 e. The highest BCUT2D eigenvalue weighted by molar-refractivity contribution is 5.85. The number of piperazine rings is 1. The summed E-state index contributed by atoms with van der Waals surface area (Å²) in [4.78, 5) is 16.7. The molecule has 1 saturated heterocycles. The first-order valence-electron chi connectivity index (χ1n) is 7.76. The van der Waals surface area contributed by atoms with Crippen molar-refractivity contribution >= 4 is 30.7 Å². The average Bonchev–Trinajstić information content (AvgIpc) is 2.43. The van der Waals surface area contributed by atoms with E-state index in [0.717, 1.165) is 45.6 Å². The number of methoxy groups -OCH3 is 1. The van der Waals surface area contributed by atoms with Gasteiger partial charge in [-0.15, -0.1) is 24.8 Å². The monoisotopic (exact) mass is 357 g/mol. The van der Waals surface area contributed by atoms with Crippen molar-refractivity contribution in [2.24, 2.45) is 11.7 Å². The number of amides is 1. The Morgan fingerprint density at radius 1 is 1.32 bits per heavy atom. The van der Waals surface area contributed by atoms with Crippen molar-refractivity contribution in [2.75, 3.05) is 39.9 Å². The molecule has 0 bridgehead atoms. The molecule has 0 aliphatic carbocycles. The molecule has 1 fully saturated rings. The number of ether oxygens (including phenoxy) is 1. The Morgan fingerprint density at radius 3 is 2.45 bits per heavy atom. The van der Waals surface area contributed by atoms with Crippen molar-refractivity contribution in [3.8, 4) is 0 Å². The molecule has 1 heterocycles. The van der Waals surface area contributed by atoms with E-state index in [1.54, 1.807) is 7.11 Å². The lowest BCUT2D eigenvalue weighted by molar-refractivity contribution is -0.136. The number of nitrogens with two attached hydrogens (primary N) is 1. The van der Waals surface area contributed by atoms with Gasteiger partial charge in [-0.1, -0.05) is 20.8 Å². The first kappa shape index (κ1) is 24.2. The SMILES string of the molecule is CCC1CN(C(=O)[C@@H](N)CC(C)C)CCN1CCOC.Cl.Cl. The summed E-state index contributed by atoms with van der Waals surface area (Å²) in [6.45, 7) is 10.6. The van der Waals surface area contributed by atoms with Gasteiger partial charge in [-0.2, -0.15) is 0 Å². The second-order valence-corrected chi connectivity index (χ2v) is 6.11. The summed E-state index contributed by atoms with van der Waals surface area (Å²) < 4.78 is 5.15. The minimum Gasteiger partial charge on any atom is -0.383 e. The maximum absolute atomic E-state index is 12.4. The standard InChI is InChI=1S/C15H31N3O2.2ClH/c1-5-13-11-18(7-6-17(13)8-9-20-4)15(19)14(16)10-12(2)3;;/h12-14H,5-11,16H2,1-4H3;2*1H/t13?,14-;;/m0../s1. The molecule has 1 amide bonds. The van der Waals surface area contributed by atoms with Gasteiger partial charge in [0.05, 0.1) is 12.6 Å². The van der Waals surface area contributed by atoms with Crippen molar-refractivity contribution in [3.05, 3.63) is 0 Å². The lowest BCUT2D eigenvalue weighted by Gasteiger charge is -2.42. The van der Waals surface area contributed by atoms with E-state index in [1.165, 1.54) is 0 Å². The topological polar surface area (TPSA) is 58.8 Å². The summed E-state index contributed by atoms with van der Waals surface area (Å²) in [5, 5.41) is 0. The van der Waals surface area contributed by atoms with Gasteiger partial charge in [-0.25, -0.2) is 0 Å². The van der Waals surface area contributed by atoms with Crippen molar-refractivity contribution in [3.63, 3.8) is 0 Å². The summed E-state index contributed by atoms with van der Waals surface area (Å²) in [5.74, 6) is 0.572. The third-order valence-electron chi connectivity index (χ3n) is 4.01. The zero-order valence-corrected chi connectivity index (χ0v) is 15.9. The van der Waals surface area contributed by atoms with E-state index in [9.17, 15) is 4.79 Å². The molecule has 1 aliphatic rings. The smallest absolute Gasteiger partial charge is 0.239 e. The Bertz CT molecular complexity index is 307. The Morgan fingerprint density at radius 2 is 1.95 bits per heavy atom. The maximum atomic E-state index is 12.4. The van der Waals surface area contributed by atoms with Crippen LogP contribution in [0.3, 0.4) is 0 Å². The minimum absolute atomic E-state index is 0. The lowest BCUT2D eigenvalue weighted by atomic mass is 10.0. The van der Waals surface area contributed by atoms with Gasteiger partial charge in [0, 0.05) is 39.3 Å². The summed E-state index contributed by atoms with van der Waals surface area (Å²) in [6, 6.07) is 0.0760. The molecular weight excluding hydrogens is 325 g/mol. The van der Waals surface area contributed by atoms with Crippen LogP contribution in [0.15, 0.2) is 0 Å². The number of hydrogen-bond acceptors (Lipinski definition) is 4. The quantitative estimate of drug-likeness (QED) is 0.754. The minimum atomic E-state index is -0.349. The number of hydrogen-bond donors (Lipinski definition) is 1. The highest BCUT2D eigenvalue weighted by Gasteiger charge is 2.30. The van der Waals surface area contributed by atoms with Gasteiger partial charge >= 0.3 is 0 Å². The van der Waals surface area contributed by atoms with E-state index in [1.807, 2.05) is 4.90 Å². The van der Waals surface area contributed by atoms with E-state index in [-0.39, 0.29) is 36.8 Å². The molecule has 1 unspecified atom stereocenters. The van der Waals surface area contributed by atoms with Crippen molar-refractivity contribution in [2.45, 2.75) is 45.7 Å². The van der Waals surface area contributed by atoms with E-state index in [0.29, 0.717) is 12.0 Å². The first-order chi connectivity index (χ1) is 9.49. The third-order valence-corrected chi connectivity index (χ3v) is 4.01. The molecule has 1 aliphatic heterocycles. The lowest BCUT2D eigenvalue weighted by Crippen LogP contribution is -2.58. The fourth-order valence-corrected chi connectivity index (χ4v) is 2.83. The fourth-order valence-electron chi connectivity index (χ4n) is 2.83. The number of halogens is 2. The normalized spacial score (nSPS) is 20.3. The zero-order valence-electron chi connectivity index (χ0n) is 14.3. The third kappa shape index (κ3) is 7.47. The van der Waals surface area contributed by atoms with Gasteiger partial charge in [-0.3, -0.25) is 9.69 Å². The number of carbonyl (C=O) groups excluding carboxylic acids is 1. The van der Waals surface area contributed by atoms with Crippen LogP contribution in [0, 0.1) is 5.92 Å². The largest absolute Gasteiger partial charge is 0.383 e. The van der Waals surface area contributed by atoms with Gasteiger partial charge in [0.25, 0.3) is 0 Å². The molecule has 0 spiro atoms. The van der Waals surface area contributed by atoms with Crippen molar-refractivity contribution in [1.82, 2.24) is 9.80 Å². The van der Waals surface area contributed by atoms with Crippen LogP contribution in [-0.4, -0.2) is 67.7 Å². The second-order valence-electron chi connectivity index (χ2n) is 6.11. The van der Waals surface area contributed by atoms with Crippen LogP contribution in [0.5, 0.6) is 0 Å². The molecule has 0 saturated carbocycles. The molecule has 0 aromatic rings. The zero-order chi connectivity index (χ0) is 15.1. The fraction of sp³-hybridized carbons (Fsp3) is 0.933. The molecule has 0 radical (unpaired) electrons. The number of rotatable bonds is 7. The molecular formula is C15H33Cl2N3O2. The highest BCUT2D eigenvalue weighted by Crippen LogP contribution is 2.15. The van der Waals surface area contributed by atoms with E-state index in [2.05, 4.69) is 25.7 Å². The van der Waals surface area contributed by atoms with Crippen LogP contribution in [0.25, 0.3) is 0 Å². The first-order valence-corrected chi connectivity index (χ1v) is 7.76. The molecule has 0 aromatic carbocycles. The number of nitrogens with zero attached hydrogens (tertiary/aromatic N) is 2. The molecule has 0 aromatic heterocycles. The summed E-state index contributed by atoms with van der Waals surface area (Å²) in [5.41, 5.74) is 6.03. The predicted molar refractivity (Wildman–Crippen MR) is 96.0 cm³/mol. The van der Waals surface area contributed by atoms with E-state index in [4.69, 9.17) is 10.5 Å². The van der Waals surface area contributed by atoms with Crippen LogP contribution < -0.4 is 5.73 Å². The molecule has 1 rings (SSSR count). The van der Waals surface area contributed by atoms with Gasteiger partial charge in [-0.05, 0) is 18.8 Å². The molecule has 22 heavy (non-hydrogen) atoms. The van der Waals surface area contributed by atoms with Gasteiger partial charge in [0.2, 0.25) is 5.91 Å². The molecule has 2 N–H and O–H groups in total. The van der Waals surface area contributed by atoms with Crippen molar-refractivity contribution < 1.29 is 9.53 Å². The Kier molecular flexibility index (Phi) is 13.6. The Labute approximate surface area is 147 Å². The predicted octanol–water partition coefficient (Wildman–Crippen LogP) is 1.77. The van der Waals surface area contributed by atoms with Gasteiger partial charge in [0.1, 0.15) is 0 Å². The Balaban J connectivity index is 0. The second kappa shape index (κ2) is 12.4. The molecule has 5 nitrogen and oxygen atoms in total. The summed E-state index contributed by atoms with van der Waals surface area (Å²) in [6.07, 6.45) is 1.81. The summed E-state index contributed by atoms with van der Waals surface area (Å²) in [7, 11) is 1.73. The highest BCUT2D eigenvalue weighted by atomic mass is 35.5. The van der Waals surface area contributed by atoms with Crippen LogP contribution in [0.4, 0.5) is 0 Å². The molecule has 7 heteroatoms. The summed E-state index contributed by atoms with van der Waals surface area (Å²) >= 11 is 0. The number of carbonyl (C=O) groups is 1. The van der Waals surface area contributed by atoms with Crippen LogP contribution >= 0.6 is 24.8 Å². The Hall–Kier alpha value is -0.0700. The van der Waals surface area contributed by atoms with Crippen LogP contribution in [-0.2, 0) is 9.53 Å². The molecule has 2 atom stereocenters. The van der Waals surface area contributed by atoms with Crippen molar-refractivity contribution in [1.29, 1.82) is 0 Å².